The Morgan fingerprint density at radius 2 is 1.70 bits per heavy atom. The van der Waals surface area contributed by atoms with Crippen molar-refractivity contribution in [2.24, 2.45) is 0 Å². The first-order valence-corrected chi connectivity index (χ1v) is 6.55. The SMILES string of the molecule is C=C(c1ccc(CC)cc1)c1c(F)cc(F)c(F)c1S. The number of thiol groups is 1. The molecule has 2 aromatic carbocycles. The molecule has 0 aliphatic heterocycles. The Kier molecular flexibility index (Phi) is 4.23. The third-order valence-corrected chi connectivity index (χ3v) is 3.58. The molecule has 0 aliphatic carbocycles. The van der Waals surface area contributed by atoms with Gasteiger partial charge < -0.3 is 0 Å². The third kappa shape index (κ3) is 2.61. The smallest absolute Gasteiger partial charge is 0.172 e. The summed E-state index contributed by atoms with van der Waals surface area (Å²) in [6.45, 7) is 5.78. The number of hydrogen-bond donors (Lipinski definition) is 1. The second-order valence-electron chi connectivity index (χ2n) is 4.41. The number of hydrogen-bond acceptors (Lipinski definition) is 1. The van der Waals surface area contributed by atoms with Crippen LogP contribution in [0, 0.1) is 17.5 Å². The van der Waals surface area contributed by atoms with E-state index in [4.69, 9.17) is 0 Å². The molecule has 0 fully saturated rings. The first-order chi connectivity index (χ1) is 9.45. The molecule has 0 radical (unpaired) electrons. The molecule has 0 N–H and O–H groups in total. The normalized spacial score (nSPS) is 10.7. The first kappa shape index (κ1) is 14.7. The molecule has 0 aliphatic rings. The quantitative estimate of drug-likeness (QED) is 0.596. The average molecular weight is 294 g/mol. The van der Waals surface area contributed by atoms with Crippen molar-refractivity contribution in [1.82, 2.24) is 0 Å². The molecule has 20 heavy (non-hydrogen) atoms. The van der Waals surface area contributed by atoms with E-state index in [2.05, 4.69) is 19.2 Å². The second-order valence-corrected chi connectivity index (χ2v) is 4.85. The molecule has 0 spiro atoms. The van der Waals surface area contributed by atoms with E-state index >= 15 is 0 Å². The summed E-state index contributed by atoms with van der Waals surface area (Å²) in [5.74, 6) is -3.31. The maximum Gasteiger partial charge on any atom is 0.172 e. The summed E-state index contributed by atoms with van der Waals surface area (Å²) < 4.78 is 40.5. The van der Waals surface area contributed by atoms with Crippen molar-refractivity contribution in [2.75, 3.05) is 0 Å². The lowest BCUT2D eigenvalue weighted by Crippen LogP contribution is -1.99. The average Bonchev–Trinajstić information content (AvgIpc) is 2.45. The fourth-order valence-electron chi connectivity index (χ4n) is 1.96. The zero-order valence-electron chi connectivity index (χ0n) is 10.9. The molecule has 2 rings (SSSR count). The highest BCUT2D eigenvalue weighted by atomic mass is 32.1. The molecule has 0 bridgehead atoms. The predicted octanol–water partition coefficient (Wildman–Crippen LogP) is 5.02. The van der Waals surface area contributed by atoms with E-state index in [0.29, 0.717) is 11.6 Å². The van der Waals surface area contributed by atoms with Crippen LogP contribution >= 0.6 is 12.6 Å². The molecule has 0 atom stereocenters. The molecule has 2 aromatic rings. The van der Waals surface area contributed by atoms with Gasteiger partial charge in [-0.2, -0.15) is 0 Å². The van der Waals surface area contributed by atoms with Crippen molar-refractivity contribution in [2.45, 2.75) is 18.2 Å². The zero-order valence-corrected chi connectivity index (χ0v) is 11.8. The van der Waals surface area contributed by atoms with Gasteiger partial charge in [0, 0.05) is 11.6 Å². The van der Waals surface area contributed by atoms with E-state index in [1.54, 1.807) is 12.1 Å². The molecule has 0 aromatic heterocycles. The van der Waals surface area contributed by atoms with Crippen LogP contribution in [-0.4, -0.2) is 0 Å². The number of rotatable bonds is 3. The van der Waals surface area contributed by atoms with Gasteiger partial charge in [0.1, 0.15) is 5.82 Å². The Labute approximate surface area is 121 Å². The zero-order chi connectivity index (χ0) is 14.9. The van der Waals surface area contributed by atoms with Crippen LogP contribution in [0.25, 0.3) is 5.57 Å². The van der Waals surface area contributed by atoms with Crippen molar-refractivity contribution in [3.05, 3.63) is 71.1 Å². The van der Waals surface area contributed by atoms with Gasteiger partial charge in [-0.15, -0.1) is 12.6 Å². The molecular weight excluding hydrogens is 281 g/mol. The maximum atomic E-state index is 13.9. The lowest BCUT2D eigenvalue weighted by Gasteiger charge is -2.12. The van der Waals surface area contributed by atoms with Crippen LogP contribution in [0.5, 0.6) is 0 Å². The molecule has 0 heterocycles. The van der Waals surface area contributed by atoms with Gasteiger partial charge in [0.25, 0.3) is 0 Å². The molecule has 4 heteroatoms. The van der Waals surface area contributed by atoms with E-state index in [1.807, 2.05) is 19.1 Å². The highest BCUT2D eigenvalue weighted by Gasteiger charge is 2.19. The Hall–Kier alpha value is -1.68. The van der Waals surface area contributed by atoms with Crippen molar-refractivity contribution in [3.63, 3.8) is 0 Å². The topological polar surface area (TPSA) is 0 Å². The minimum atomic E-state index is -1.26. The number of halogens is 3. The number of benzene rings is 2. The molecular formula is C16H13F3S. The Morgan fingerprint density at radius 3 is 2.25 bits per heavy atom. The van der Waals surface area contributed by atoms with Gasteiger partial charge in [-0.05, 0) is 23.1 Å². The standard InChI is InChI=1S/C16H13F3S/c1-3-10-4-6-11(7-5-10)9(2)14-12(17)8-13(18)15(19)16(14)20/h4-8,20H,2-3H2,1H3. The van der Waals surface area contributed by atoms with E-state index < -0.39 is 17.5 Å². The predicted molar refractivity (Wildman–Crippen MR) is 77.5 cm³/mol. The van der Waals surface area contributed by atoms with Gasteiger partial charge >= 0.3 is 0 Å². The molecule has 0 nitrogen and oxygen atoms in total. The Balaban J connectivity index is 2.50. The van der Waals surface area contributed by atoms with E-state index in [-0.39, 0.29) is 16.0 Å². The summed E-state index contributed by atoms with van der Waals surface area (Å²) in [4.78, 5) is -0.368. The van der Waals surface area contributed by atoms with Crippen molar-refractivity contribution >= 4 is 18.2 Å². The first-order valence-electron chi connectivity index (χ1n) is 6.10. The van der Waals surface area contributed by atoms with Crippen molar-refractivity contribution < 1.29 is 13.2 Å². The third-order valence-electron chi connectivity index (χ3n) is 3.16. The fraction of sp³-hybridized carbons (Fsp3) is 0.125. The van der Waals surface area contributed by atoms with Gasteiger partial charge in [-0.3, -0.25) is 0 Å². The molecule has 0 amide bonds. The van der Waals surface area contributed by atoms with E-state index in [1.165, 1.54) is 0 Å². The van der Waals surface area contributed by atoms with Crippen molar-refractivity contribution in [1.29, 1.82) is 0 Å². The van der Waals surface area contributed by atoms with E-state index in [0.717, 1.165) is 12.0 Å². The minimum Gasteiger partial charge on any atom is -0.206 e. The van der Waals surface area contributed by atoms with Crippen LogP contribution in [0.1, 0.15) is 23.6 Å². The van der Waals surface area contributed by atoms with Crippen LogP contribution in [0.2, 0.25) is 0 Å². The van der Waals surface area contributed by atoms with Gasteiger partial charge in [0.15, 0.2) is 11.6 Å². The second kappa shape index (κ2) is 5.75. The summed E-state index contributed by atoms with van der Waals surface area (Å²) in [6, 6.07) is 7.83. The highest BCUT2D eigenvalue weighted by Crippen LogP contribution is 2.32. The summed E-state index contributed by atoms with van der Waals surface area (Å²) in [6.07, 6.45) is 0.879. The molecule has 0 unspecified atom stereocenters. The monoisotopic (exact) mass is 294 g/mol. The van der Waals surface area contributed by atoms with Crippen LogP contribution < -0.4 is 0 Å². The van der Waals surface area contributed by atoms with Crippen LogP contribution in [-0.2, 0) is 6.42 Å². The van der Waals surface area contributed by atoms with Crippen molar-refractivity contribution in [3.8, 4) is 0 Å². The Morgan fingerprint density at radius 1 is 1.10 bits per heavy atom. The molecule has 104 valence electrons. The van der Waals surface area contributed by atoms with Gasteiger partial charge in [0.2, 0.25) is 0 Å². The summed E-state index contributed by atoms with van der Waals surface area (Å²) in [5, 5.41) is 0. The maximum absolute atomic E-state index is 13.9. The summed E-state index contributed by atoms with van der Waals surface area (Å²) >= 11 is 3.86. The molecule has 0 saturated carbocycles. The van der Waals surface area contributed by atoms with Crippen LogP contribution in [0.15, 0.2) is 41.8 Å². The van der Waals surface area contributed by atoms with E-state index in [9.17, 15) is 13.2 Å². The largest absolute Gasteiger partial charge is 0.206 e. The van der Waals surface area contributed by atoms with Gasteiger partial charge in [0.05, 0.1) is 4.90 Å². The lowest BCUT2D eigenvalue weighted by atomic mass is 9.97. The summed E-state index contributed by atoms with van der Waals surface area (Å²) in [5.41, 5.74) is 1.92. The van der Waals surface area contributed by atoms with Crippen LogP contribution in [0.3, 0.4) is 0 Å². The lowest BCUT2D eigenvalue weighted by molar-refractivity contribution is 0.476. The van der Waals surface area contributed by atoms with Gasteiger partial charge in [-0.1, -0.05) is 37.8 Å². The highest BCUT2D eigenvalue weighted by molar-refractivity contribution is 7.80. The minimum absolute atomic E-state index is 0.114. The fourth-order valence-corrected chi connectivity index (χ4v) is 2.30. The molecule has 0 saturated heterocycles. The Bertz CT molecular complexity index is 660. The summed E-state index contributed by atoms with van der Waals surface area (Å²) in [7, 11) is 0. The van der Waals surface area contributed by atoms with Gasteiger partial charge in [-0.25, -0.2) is 13.2 Å². The van der Waals surface area contributed by atoms with Crippen LogP contribution in [0.4, 0.5) is 13.2 Å². The number of aryl methyl sites for hydroxylation is 1.